The van der Waals surface area contributed by atoms with Crippen molar-refractivity contribution >= 4 is 6.29 Å². The fourth-order valence-electron chi connectivity index (χ4n) is 0.286. The van der Waals surface area contributed by atoms with Gasteiger partial charge in [0.15, 0.2) is 12.0 Å². The number of aromatic nitrogens is 1. The molecule has 1 aromatic heterocycles. The van der Waals surface area contributed by atoms with Crippen LogP contribution in [0.2, 0.25) is 0 Å². The van der Waals surface area contributed by atoms with Crippen LogP contribution in [-0.4, -0.2) is 11.4 Å². The molecule has 0 aliphatic rings. The van der Waals surface area contributed by atoms with Crippen LogP contribution in [0.5, 0.6) is 0 Å². The first-order valence-electron chi connectivity index (χ1n) is 2.79. The van der Waals surface area contributed by atoms with Gasteiger partial charge in [0.25, 0.3) is 0 Å². The topological polar surface area (TPSA) is 43.1 Å². The van der Waals surface area contributed by atoms with Crippen molar-refractivity contribution in [2.75, 3.05) is 0 Å². The lowest BCUT2D eigenvalue weighted by atomic mass is 10.5. The Hall–Kier alpha value is -1.12. The molecule has 1 heterocycles. The average Bonchev–Trinajstić information content (AvgIpc) is 2.43. The van der Waals surface area contributed by atoms with Crippen molar-refractivity contribution in [1.82, 2.24) is 5.16 Å². The number of carbonyl (C=O) groups is 1. The van der Waals surface area contributed by atoms with E-state index in [1.165, 1.54) is 12.3 Å². The van der Waals surface area contributed by atoms with Crippen molar-refractivity contribution in [3.05, 3.63) is 18.0 Å². The van der Waals surface area contributed by atoms with Crippen molar-refractivity contribution in [3.63, 3.8) is 0 Å². The standard InChI is InChI=1S/C4H3NO2.C2H6/c6-3-4-1-2-5-7-4;1-2/h1-3H;1-2H3. The van der Waals surface area contributed by atoms with Crippen LogP contribution >= 0.6 is 0 Å². The summed E-state index contributed by atoms with van der Waals surface area (Å²) in [6, 6.07) is 1.49. The molecule has 0 aromatic carbocycles. The summed E-state index contributed by atoms with van der Waals surface area (Å²) in [7, 11) is 0. The summed E-state index contributed by atoms with van der Waals surface area (Å²) in [5.41, 5.74) is 0. The summed E-state index contributed by atoms with van der Waals surface area (Å²) in [4.78, 5) is 9.73. The minimum atomic E-state index is 0.264. The Balaban J connectivity index is 0.000000291. The van der Waals surface area contributed by atoms with Gasteiger partial charge in [-0.3, -0.25) is 4.79 Å². The molecule has 9 heavy (non-hydrogen) atoms. The highest BCUT2D eigenvalue weighted by Gasteiger charge is 1.86. The van der Waals surface area contributed by atoms with E-state index in [0.717, 1.165) is 0 Å². The van der Waals surface area contributed by atoms with Crippen molar-refractivity contribution in [1.29, 1.82) is 0 Å². The molecule has 0 fully saturated rings. The quantitative estimate of drug-likeness (QED) is 0.537. The SMILES string of the molecule is CC.O=Cc1ccno1. The molecule has 0 N–H and O–H groups in total. The first kappa shape index (κ1) is 7.88. The molecule has 50 valence electrons. The Morgan fingerprint density at radius 2 is 2.33 bits per heavy atom. The molecule has 0 radical (unpaired) electrons. The second-order valence-electron chi connectivity index (χ2n) is 1.03. The van der Waals surface area contributed by atoms with Gasteiger partial charge >= 0.3 is 0 Å². The molecule has 0 aliphatic carbocycles. The van der Waals surface area contributed by atoms with Gasteiger partial charge in [0.05, 0.1) is 6.20 Å². The lowest BCUT2D eigenvalue weighted by Crippen LogP contribution is -1.66. The number of hydrogen-bond acceptors (Lipinski definition) is 3. The molecule has 0 saturated carbocycles. The normalized spacial score (nSPS) is 7.33. The fourth-order valence-corrected chi connectivity index (χ4v) is 0.286. The fraction of sp³-hybridized carbons (Fsp3) is 0.333. The predicted octanol–water partition coefficient (Wildman–Crippen LogP) is 1.51. The third-order valence-electron chi connectivity index (χ3n) is 0.574. The maximum absolute atomic E-state index is 9.73. The largest absolute Gasteiger partial charge is 0.353 e. The van der Waals surface area contributed by atoms with Crippen LogP contribution in [0.1, 0.15) is 24.4 Å². The van der Waals surface area contributed by atoms with Gasteiger partial charge in [-0.15, -0.1) is 0 Å². The van der Waals surface area contributed by atoms with E-state index in [1.54, 1.807) is 0 Å². The van der Waals surface area contributed by atoms with E-state index >= 15 is 0 Å². The first-order valence-corrected chi connectivity index (χ1v) is 2.79. The molecule has 3 nitrogen and oxygen atoms in total. The molecule has 0 bridgehead atoms. The van der Waals surface area contributed by atoms with E-state index < -0.39 is 0 Å². The molecule has 3 heteroatoms. The Bertz CT molecular complexity index is 146. The van der Waals surface area contributed by atoms with Gasteiger partial charge < -0.3 is 4.52 Å². The highest BCUT2D eigenvalue weighted by atomic mass is 16.5. The van der Waals surface area contributed by atoms with E-state index in [9.17, 15) is 4.79 Å². The van der Waals surface area contributed by atoms with Crippen LogP contribution in [0.3, 0.4) is 0 Å². The summed E-state index contributed by atoms with van der Waals surface area (Å²) in [6.45, 7) is 4.00. The molecule has 0 saturated heterocycles. The second kappa shape index (κ2) is 5.03. The van der Waals surface area contributed by atoms with Gasteiger partial charge in [-0.05, 0) is 0 Å². The molecule has 0 unspecified atom stereocenters. The number of carbonyl (C=O) groups excluding carboxylic acids is 1. The minimum absolute atomic E-state index is 0.264. The summed E-state index contributed by atoms with van der Waals surface area (Å²) in [5, 5.41) is 3.29. The van der Waals surface area contributed by atoms with Crippen LogP contribution in [0.15, 0.2) is 16.8 Å². The molecular weight excluding hydrogens is 118 g/mol. The van der Waals surface area contributed by atoms with Gasteiger partial charge in [0.2, 0.25) is 0 Å². The average molecular weight is 127 g/mol. The van der Waals surface area contributed by atoms with Crippen molar-refractivity contribution in [2.45, 2.75) is 13.8 Å². The lowest BCUT2D eigenvalue weighted by molar-refractivity contribution is 0.109. The van der Waals surface area contributed by atoms with Crippen molar-refractivity contribution < 1.29 is 9.32 Å². The molecule has 0 aliphatic heterocycles. The lowest BCUT2D eigenvalue weighted by Gasteiger charge is -1.65. The molecule has 0 spiro atoms. The number of rotatable bonds is 1. The Kier molecular flexibility index (Phi) is 4.40. The van der Waals surface area contributed by atoms with Gasteiger partial charge in [0, 0.05) is 6.07 Å². The van der Waals surface area contributed by atoms with Gasteiger partial charge in [-0.25, -0.2) is 0 Å². The Morgan fingerprint density at radius 3 is 2.56 bits per heavy atom. The van der Waals surface area contributed by atoms with Gasteiger partial charge in [-0.2, -0.15) is 0 Å². The maximum Gasteiger partial charge on any atom is 0.199 e. The molecule has 1 rings (SSSR count). The zero-order chi connectivity index (χ0) is 7.11. The highest BCUT2D eigenvalue weighted by Crippen LogP contribution is 1.87. The first-order chi connectivity index (χ1) is 4.43. The summed E-state index contributed by atoms with van der Waals surface area (Å²) < 4.78 is 4.36. The number of hydrogen-bond donors (Lipinski definition) is 0. The van der Waals surface area contributed by atoms with E-state index in [-0.39, 0.29) is 5.76 Å². The van der Waals surface area contributed by atoms with Crippen LogP contribution in [-0.2, 0) is 0 Å². The Labute approximate surface area is 53.7 Å². The summed E-state index contributed by atoms with van der Waals surface area (Å²) >= 11 is 0. The molecular formula is C6H9NO2. The zero-order valence-corrected chi connectivity index (χ0v) is 5.50. The van der Waals surface area contributed by atoms with E-state index in [2.05, 4.69) is 9.68 Å². The smallest absolute Gasteiger partial charge is 0.199 e. The third kappa shape index (κ3) is 2.64. The molecule has 0 atom stereocenters. The number of aldehydes is 1. The molecule has 1 aromatic rings. The van der Waals surface area contributed by atoms with E-state index in [0.29, 0.717) is 6.29 Å². The van der Waals surface area contributed by atoms with Crippen LogP contribution < -0.4 is 0 Å². The summed E-state index contributed by atoms with van der Waals surface area (Å²) in [5.74, 6) is 0.264. The van der Waals surface area contributed by atoms with Gasteiger partial charge in [0.1, 0.15) is 0 Å². The van der Waals surface area contributed by atoms with Gasteiger partial charge in [-0.1, -0.05) is 19.0 Å². The predicted molar refractivity (Wildman–Crippen MR) is 33.2 cm³/mol. The second-order valence-corrected chi connectivity index (χ2v) is 1.03. The zero-order valence-electron chi connectivity index (χ0n) is 5.50. The van der Waals surface area contributed by atoms with E-state index in [1.807, 2.05) is 13.8 Å². The van der Waals surface area contributed by atoms with Crippen molar-refractivity contribution in [2.24, 2.45) is 0 Å². The van der Waals surface area contributed by atoms with E-state index in [4.69, 9.17) is 0 Å². The van der Waals surface area contributed by atoms with Crippen LogP contribution in [0.25, 0.3) is 0 Å². The monoisotopic (exact) mass is 127 g/mol. The van der Waals surface area contributed by atoms with Crippen LogP contribution in [0.4, 0.5) is 0 Å². The highest BCUT2D eigenvalue weighted by molar-refractivity contribution is 5.69. The van der Waals surface area contributed by atoms with Crippen molar-refractivity contribution in [3.8, 4) is 0 Å². The molecule has 0 amide bonds. The maximum atomic E-state index is 9.73. The van der Waals surface area contributed by atoms with Crippen LogP contribution in [0, 0.1) is 0 Å². The number of nitrogens with zero attached hydrogens (tertiary/aromatic N) is 1. The third-order valence-corrected chi connectivity index (χ3v) is 0.574. The Morgan fingerprint density at radius 1 is 1.67 bits per heavy atom. The summed E-state index contributed by atoms with van der Waals surface area (Å²) in [6.07, 6.45) is 2.02. The minimum Gasteiger partial charge on any atom is -0.353 e.